The molecule has 2 atom stereocenters. The van der Waals surface area contributed by atoms with Crippen molar-refractivity contribution < 1.29 is 19.4 Å². The largest absolute Gasteiger partial charge is 0.481 e. The second kappa shape index (κ2) is 6.86. The first kappa shape index (κ1) is 17.1. The first-order chi connectivity index (χ1) is 10.3. The molecular weight excluding hydrogens is 284 g/mol. The van der Waals surface area contributed by atoms with Crippen LogP contribution in [0.25, 0.3) is 0 Å². The summed E-state index contributed by atoms with van der Waals surface area (Å²) in [6.45, 7) is 8.29. The number of nitrogens with zero attached hydrogens (tertiary/aromatic N) is 2. The van der Waals surface area contributed by atoms with Gasteiger partial charge in [0.15, 0.2) is 0 Å². The number of likely N-dealkylation sites (tertiary alicyclic amines) is 2. The highest BCUT2D eigenvalue weighted by molar-refractivity contribution is 5.73. The smallest absolute Gasteiger partial charge is 0.410 e. The van der Waals surface area contributed by atoms with Gasteiger partial charge in [0, 0.05) is 19.1 Å². The highest BCUT2D eigenvalue weighted by Crippen LogP contribution is 2.25. The Hall–Kier alpha value is -1.30. The van der Waals surface area contributed by atoms with Gasteiger partial charge in [-0.2, -0.15) is 0 Å². The van der Waals surface area contributed by atoms with Gasteiger partial charge in [-0.3, -0.25) is 9.69 Å². The molecule has 2 fully saturated rings. The molecule has 0 aromatic heterocycles. The van der Waals surface area contributed by atoms with E-state index >= 15 is 0 Å². The van der Waals surface area contributed by atoms with Gasteiger partial charge >= 0.3 is 12.1 Å². The first-order valence-electron chi connectivity index (χ1n) is 8.21. The Kier molecular flexibility index (Phi) is 5.32. The highest BCUT2D eigenvalue weighted by Gasteiger charge is 2.38. The number of carboxylic acid groups (broad SMARTS) is 1. The molecule has 0 saturated carbocycles. The molecule has 126 valence electrons. The molecule has 2 rings (SSSR count). The normalized spacial score (nSPS) is 27.5. The average molecular weight is 312 g/mol. The minimum Gasteiger partial charge on any atom is -0.481 e. The van der Waals surface area contributed by atoms with E-state index in [1.807, 2.05) is 20.8 Å². The number of aliphatic carboxylic acids is 1. The van der Waals surface area contributed by atoms with Crippen molar-refractivity contribution in [3.05, 3.63) is 0 Å². The number of carbonyl (C=O) groups excluding carboxylic acids is 1. The summed E-state index contributed by atoms with van der Waals surface area (Å²) in [5.74, 6) is -1.33. The van der Waals surface area contributed by atoms with Crippen molar-refractivity contribution >= 4 is 12.1 Å². The van der Waals surface area contributed by atoms with Crippen molar-refractivity contribution in [1.29, 1.82) is 0 Å². The molecule has 6 nitrogen and oxygen atoms in total. The number of piperidine rings is 2. The summed E-state index contributed by atoms with van der Waals surface area (Å²) in [5, 5.41) is 9.39. The van der Waals surface area contributed by atoms with Gasteiger partial charge in [0.05, 0.1) is 5.92 Å². The molecule has 1 N–H and O–H groups in total. The van der Waals surface area contributed by atoms with Crippen molar-refractivity contribution in [3.63, 3.8) is 0 Å². The van der Waals surface area contributed by atoms with E-state index in [0.717, 1.165) is 25.9 Å². The van der Waals surface area contributed by atoms with Crippen LogP contribution in [0.15, 0.2) is 0 Å². The van der Waals surface area contributed by atoms with Crippen LogP contribution in [-0.4, -0.2) is 64.8 Å². The van der Waals surface area contributed by atoms with Gasteiger partial charge < -0.3 is 14.7 Å². The Labute approximate surface area is 132 Å². The Morgan fingerprint density at radius 3 is 2.27 bits per heavy atom. The van der Waals surface area contributed by atoms with Gasteiger partial charge in [-0.25, -0.2) is 4.79 Å². The summed E-state index contributed by atoms with van der Waals surface area (Å²) in [5.41, 5.74) is -0.562. The van der Waals surface area contributed by atoms with Crippen molar-refractivity contribution in [3.8, 4) is 0 Å². The molecule has 2 unspecified atom stereocenters. The van der Waals surface area contributed by atoms with Gasteiger partial charge in [0.2, 0.25) is 0 Å². The number of amides is 1. The molecule has 22 heavy (non-hydrogen) atoms. The fourth-order valence-electron chi connectivity index (χ4n) is 3.27. The van der Waals surface area contributed by atoms with Crippen LogP contribution < -0.4 is 0 Å². The second-order valence-electron chi connectivity index (χ2n) is 7.41. The Balaban J connectivity index is 2.05. The molecule has 0 bridgehead atoms. The van der Waals surface area contributed by atoms with E-state index in [-0.39, 0.29) is 12.6 Å². The Morgan fingerprint density at radius 1 is 1.09 bits per heavy atom. The van der Waals surface area contributed by atoms with Crippen molar-refractivity contribution in [1.82, 2.24) is 9.80 Å². The number of carbonyl (C=O) groups is 2. The minimum absolute atomic E-state index is 0.127. The lowest BCUT2D eigenvalue weighted by Crippen LogP contribution is -2.55. The zero-order valence-corrected chi connectivity index (χ0v) is 13.9. The summed E-state index contributed by atoms with van der Waals surface area (Å²) in [4.78, 5) is 27.7. The van der Waals surface area contributed by atoms with Crippen LogP contribution in [-0.2, 0) is 9.53 Å². The van der Waals surface area contributed by atoms with Gasteiger partial charge in [0.25, 0.3) is 0 Å². The molecule has 0 radical (unpaired) electrons. The zero-order valence-electron chi connectivity index (χ0n) is 13.9. The van der Waals surface area contributed by atoms with E-state index in [2.05, 4.69) is 4.90 Å². The summed E-state index contributed by atoms with van der Waals surface area (Å²) in [6, 6.07) is 0.127. The van der Waals surface area contributed by atoms with Crippen LogP contribution in [0.4, 0.5) is 4.79 Å². The molecule has 0 aliphatic carbocycles. The van der Waals surface area contributed by atoms with Crippen molar-refractivity contribution in [2.24, 2.45) is 5.92 Å². The number of rotatable bonds is 2. The van der Waals surface area contributed by atoms with E-state index in [4.69, 9.17) is 4.74 Å². The van der Waals surface area contributed by atoms with Crippen molar-refractivity contribution in [2.75, 3.05) is 26.2 Å². The van der Waals surface area contributed by atoms with E-state index in [1.54, 1.807) is 4.90 Å². The molecule has 6 heteroatoms. The molecule has 2 heterocycles. The SMILES string of the molecule is CC(C)(C)OC(=O)N1CC(C(=O)O)CC(N2CCCCC2)C1. The first-order valence-corrected chi connectivity index (χ1v) is 8.21. The minimum atomic E-state index is -0.824. The average Bonchev–Trinajstić information content (AvgIpc) is 2.46. The molecule has 2 aliphatic heterocycles. The van der Waals surface area contributed by atoms with Crippen LogP contribution in [0.3, 0.4) is 0 Å². The summed E-state index contributed by atoms with van der Waals surface area (Å²) in [7, 11) is 0. The molecule has 0 aromatic rings. The fourth-order valence-corrected chi connectivity index (χ4v) is 3.27. The lowest BCUT2D eigenvalue weighted by molar-refractivity contribution is -0.144. The quantitative estimate of drug-likeness (QED) is 0.846. The van der Waals surface area contributed by atoms with Gasteiger partial charge in [-0.15, -0.1) is 0 Å². The molecule has 0 aromatic carbocycles. The molecular formula is C16H28N2O4. The molecule has 1 amide bonds. The van der Waals surface area contributed by atoms with Crippen LogP contribution in [0.1, 0.15) is 46.5 Å². The Morgan fingerprint density at radius 2 is 1.73 bits per heavy atom. The monoisotopic (exact) mass is 312 g/mol. The van der Waals surface area contributed by atoms with Crippen LogP contribution in [0, 0.1) is 5.92 Å². The van der Waals surface area contributed by atoms with Crippen LogP contribution in [0.5, 0.6) is 0 Å². The van der Waals surface area contributed by atoms with E-state index in [1.165, 1.54) is 6.42 Å². The highest BCUT2D eigenvalue weighted by atomic mass is 16.6. The van der Waals surface area contributed by atoms with E-state index in [9.17, 15) is 14.7 Å². The van der Waals surface area contributed by atoms with Crippen LogP contribution >= 0.6 is 0 Å². The predicted molar refractivity (Wildman–Crippen MR) is 82.8 cm³/mol. The number of ether oxygens (including phenoxy) is 1. The van der Waals surface area contributed by atoms with E-state index < -0.39 is 23.6 Å². The molecule has 2 aliphatic rings. The fraction of sp³-hybridized carbons (Fsp3) is 0.875. The number of hydrogen-bond acceptors (Lipinski definition) is 4. The number of hydrogen-bond donors (Lipinski definition) is 1. The lowest BCUT2D eigenvalue weighted by Gasteiger charge is -2.43. The van der Waals surface area contributed by atoms with Gasteiger partial charge in [-0.05, 0) is 53.1 Å². The third-order valence-corrected chi connectivity index (χ3v) is 4.34. The lowest BCUT2D eigenvalue weighted by atomic mass is 9.92. The van der Waals surface area contributed by atoms with Gasteiger partial charge in [-0.1, -0.05) is 6.42 Å². The maximum Gasteiger partial charge on any atom is 0.410 e. The number of carboxylic acids is 1. The summed E-state index contributed by atoms with van der Waals surface area (Å²) in [6.07, 6.45) is 3.76. The zero-order chi connectivity index (χ0) is 16.3. The van der Waals surface area contributed by atoms with Gasteiger partial charge in [0.1, 0.15) is 5.60 Å². The standard InChI is InChI=1S/C16H28N2O4/c1-16(2,3)22-15(21)18-10-12(14(19)20)9-13(11-18)17-7-5-4-6-8-17/h12-13H,4-11H2,1-3H3,(H,19,20). The third-order valence-electron chi connectivity index (χ3n) is 4.34. The van der Waals surface area contributed by atoms with Crippen LogP contribution in [0.2, 0.25) is 0 Å². The Bertz CT molecular complexity index is 413. The second-order valence-corrected chi connectivity index (χ2v) is 7.41. The topological polar surface area (TPSA) is 70.1 Å². The maximum atomic E-state index is 12.3. The molecule has 0 spiro atoms. The summed E-state index contributed by atoms with van der Waals surface area (Å²) < 4.78 is 5.42. The molecule has 2 saturated heterocycles. The predicted octanol–water partition coefficient (Wildman–Crippen LogP) is 2.18. The summed E-state index contributed by atoms with van der Waals surface area (Å²) >= 11 is 0. The van der Waals surface area contributed by atoms with Crippen molar-refractivity contribution in [2.45, 2.75) is 58.1 Å². The van der Waals surface area contributed by atoms with E-state index in [0.29, 0.717) is 13.0 Å². The third kappa shape index (κ3) is 4.60. The maximum absolute atomic E-state index is 12.3.